The van der Waals surface area contributed by atoms with E-state index in [4.69, 9.17) is 0 Å². The van der Waals surface area contributed by atoms with Crippen LogP contribution < -0.4 is 16.0 Å². The summed E-state index contributed by atoms with van der Waals surface area (Å²) in [6.45, 7) is 1.43. The largest absolute Gasteiger partial charge is 0.326 e. The van der Waals surface area contributed by atoms with Gasteiger partial charge in [0, 0.05) is 18.7 Å². The van der Waals surface area contributed by atoms with Gasteiger partial charge >= 0.3 is 0 Å². The molecule has 1 aromatic rings. The SMILES string of the molecule is Cl.O=C1CCc2cc(F)c(NC(=O)C3CCNC3)cc2N1. The van der Waals surface area contributed by atoms with Gasteiger partial charge in [0.2, 0.25) is 11.8 Å². The summed E-state index contributed by atoms with van der Waals surface area (Å²) in [6, 6.07) is 2.89. The fourth-order valence-corrected chi connectivity index (χ4v) is 2.61. The Morgan fingerprint density at radius 1 is 1.33 bits per heavy atom. The summed E-state index contributed by atoms with van der Waals surface area (Å²) >= 11 is 0. The second-order valence-corrected chi connectivity index (χ2v) is 5.22. The van der Waals surface area contributed by atoms with Crippen molar-refractivity contribution in [3.63, 3.8) is 0 Å². The van der Waals surface area contributed by atoms with Gasteiger partial charge in [-0.2, -0.15) is 0 Å². The molecule has 21 heavy (non-hydrogen) atoms. The second kappa shape index (κ2) is 6.41. The predicted molar refractivity (Wildman–Crippen MR) is 80.2 cm³/mol. The summed E-state index contributed by atoms with van der Waals surface area (Å²) in [6.07, 6.45) is 1.65. The van der Waals surface area contributed by atoms with Gasteiger partial charge in [-0.25, -0.2) is 4.39 Å². The quantitative estimate of drug-likeness (QED) is 0.778. The van der Waals surface area contributed by atoms with E-state index in [1.54, 1.807) is 0 Å². The highest BCUT2D eigenvalue weighted by Crippen LogP contribution is 2.29. The maximum absolute atomic E-state index is 14.0. The zero-order chi connectivity index (χ0) is 14.1. The fraction of sp³-hybridized carbons (Fsp3) is 0.429. The van der Waals surface area contributed by atoms with Crippen molar-refractivity contribution in [3.05, 3.63) is 23.5 Å². The number of aryl methyl sites for hydroxylation is 1. The first-order valence-electron chi connectivity index (χ1n) is 6.77. The Balaban J connectivity index is 0.00000161. The Morgan fingerprint density at radius 3 is 2.86 bits per heavy atom. The average Bonchev–Trinajstić information content (AvgIpc) is 2.94. The Morgan fingerprint density at radius 2 is 2.14 bits per heavy atom. The zero-order valence-corrected chi connectivity index (χ0v) is 12.2. The van der Waals surface area contributed by atoms with Crippen molar-refractivity contribution >= 4 is 35.6 Å². The van der Waals surface area contributed by atoms with E-state index in [9.17, 15) is 14.0 Å². The lowest BCUT2D eigenvalue weighted by molar-refractivity contribution is -0.119. The molecule has 5 nitrogen and oxygen atoms in total. The van der Waals surface area contributed by atoms with Gasteiger partial charge in [-0.1, -0.05) is 0 Å². The molecule has 0 spiro atoms. The molecule has 0 saturated carbocycles. The maximum Gasteiger partial charge on any atom is 0.228 e. The molecule has 114 valence electrons. The smallest absolute Gasteiger partial charge is 0.228 e. The molecule has 2 aliphatic heterocycles. The summed E-state index contributed by atoms with van der Waals surface area (Å²) < 4.78 is 14.0. The molecule has 0 aromatic heterocycles. The molecule has 1 atom stereocenters. The number of carbonyl (C=O) groups is 2. The van der Waals surface area contributed by atoms with Gasteiger partial charge in [0.05, 0.1) is 11.6 Å². The van der Waals surface area contributed by atoms with Crippen LogP contribution in [0.4, 0.5) is 15.8 Å². The van der Waals surface area contributed by atoms with Crippen LogP contribution in [-0.4, -0.2) is 24.9 Å². The molecule has 0 aliphatic carbocycles. The molecule has 3 N–H and O–H groups in total. The van der Waals surface area contributed by atoms with Crippen molar-refractivity contribution in [2.45, 2.75) is 19.3 Å². The number of hydrogen-bond donors (Lipinski definition) is 3. The highest BCUT2D eigenvalue weighted by Gasteiger charge is 2.24. The molecule has 1 saturated heterocycles. The van der Waals surface area contributed by atoms with Gasteiger partial charge in [-0.15, -0.1) is 12.4 Å². The van der Waals surface area contributed by atoms with Gasteiger partial charge in [-0.05, 0) is 37.1 Å². The van der Waals surface area contributed by atoms with Crippen LogP contribution in [0.1, 0.15) is 18.4 Å². The van der Waals surface area contributed by atoms with Crippen molar-refractivity contribution < 1.29 is 14.0 Å². The van der Waals surface area contributed by atoms with Crippen LogP contribution in [0.3, 0.4) is 0 Å². The molecule has 1 unspecified atom stereocenters. The molecular weight excluding hydrogens is 297 g/mol. The Labute approximate surface area is 128 Å². The van der Waals surface area contributed by atoms with Crippen molar-refractivity contribution in [1.29, 1.82) is 0 Å². The number of rotatable bonds is 2. The Hall–Kier alpha value is -1.66. The molecule has 1 fully saturated rings. The second-order valence-electron chi connectivity index (χ2n) is 5.22. The predicted octanol–water partition coefficient (Wildman–Crippen LogP) is 1.68. The lowest BCUT2D eigenvalue weighted by Gasteiger charge is -2.19. The molecule has 0 bridgehead atoms. The highest BCUT2D eigenvalue weighted by molar-refractivity contribution is 5.97. The minimum absolute atomic E-state index is 0. The minimum atomic E-state index is -0.459. The normalized spacial score (nSPS) is 20.2. The van der Waals surface area contributed by atoms with E-state index in [1.165, 1.54) is 12.1 Å². The van der Waals surface area contributed by atoms with Gasteiger partial charge in [0.25, 0.3) is 0 Å². The van der Waals surface area contributed by atoms with Crippen LogP contribution >= 0.6 is 12.4 Å². The molecule has 1 aromatic carbocycles. The summed E-state index contributed by atoms with van der Waals surface area (Å²) in [5.74, 6) is -0.850. The lowest BCUT2D eigenvalue weighted by Crippen LogP contribution is -2.25. The van der Waals surface area contributed by atoms with Gasteiger partial charge in [0.1, 0.15) is 5.82 Å². The van der Waals surface area contributed by atoms with Crippen LogP contribution in [0.15, 0.2) is 12.1 Å². The lowest BCUT2D eigenvalue weighted by atomic mass is 10.0. The van der Waals surface area contributed by atoms with E-state index in [1.807, 2.05) is 0 Å². The Kier molecular flexibility index (Phi) is 4.80. The highest BCUT2D eigenvalue weighted by atomic mass is 35.5. The summed E-state index contributed by atoms with van der Waals surface area (Å²) in [7, 11) is 0. The zero-order valence-electron chi connectivity index (χ0n) is 11.4. The van der Waals surface area contributed by atoms with Crippen LogP contribution in [0, 0.1) is 11.7 Å². The number of halogens is 2. The summed E-state index contributed by atoms with van der Waals surface area (Å²) in [5, 5.41) is 8.41. The van der Waals surface area contributed by atoms with E-state index in [0.717, 1.165) is 18.5 Å². The molecule has 2 aliphatic rings. The third kappa shape index (κ3) is 3.33. The third-order valence-corrected chi connectivity index (χ3v) is 3.78. The maximum atomic E-state index is 14.0. The van der Waals surface area contributed by atoms with E-state index in [2.05, 4.69) is 16.0 Å². The Bertz CT molecular complexity index is 574. The molecule has 0 radical (unpaired) electrons. The number of nitrogens with one attached hydrogen (secondary N) is 3. The first-order chi connectivity index (χ1) is 9.63. The average molecular weight is 314 g/mol. The van der Waals surface area contributed by atoms with Crippen LogP contribution in [0.2, 0.25) is 0 Å². The number of anilines is 2. The van der Waals surface area contributed by atoms with Gasteiger partial charge in [-0.3, -0.25) is 9.59 Å². The number of benzene rings is 1. The number of fused-ring (bicyclic) bond motifs is 1. The summed E-state index contributed by atoms with van der Waals surface area (Å²) in [5.41, 5.74) is 1.48. The van der Waals surface area contributed by atoms with Crippen molar-refractivity contribution in [2.24, 2.45) is 5.92 Å². The molecular formula is C14H17ClFN3O2. The number of hydrogen-bond acceptors (Lipinski definition) is 3. The van der Waals surface area contributed by atoms with Gasteiger partial charge < -0.3 is 16.0 Å². The fourth-order valence-electron chi connectivity index (χ4n) is 2.61. The summed E-state index contributed by atoms with van der Waals surface area (Å²) in [4.78, 5) is 23.3. The van der Waals surface area contributed by atoms with E-state index >= 15 is 0 Å². The van der Waals surface area contributed by atoms with Crippen LogP contribution in [0.25, 0.3) is 0 Å². The molecule has 2 heterocycles. The first kappa shape index (κ1) is 15.7. The van der Waals surface area contributed by atoms with E-state index < -0.39 is 5.82 Å². The number of amides is 2. The monoisotopic (exact) mass is 313 g/mol. The van der Waals surface area contributed by atoms with E-state index in [-0.39, 0.29) is 35.8 Å². The number of carbonyl (C=O) groups excluding carboxylic acids is 2. The first-order valence-corrected chi connectivity index (χ1v) is 6.77. The molecule has 3 rings (SSSR count). The molecule has 7 heteroatoms. The third-order valence-electron chi connectivity index (χ3n) is 3.78. The topological polar surface area (TPSA) is 70.2 Å². The minimum Gasteiger partial charge on any atom is -0.326 e. The van der Waals surface area contributed by atoms with Gasteiger partial charge in [0.15, 0.2) is 0 Å². The molecule has 2 amide bonds. The van der Waals surface area contributed by atoms with Crippen molar-refractivity contribution in [2.75, 3.05) is 23.7 Å². The van der Waals surface area contributed by atoms with Crippen LogP contribution in [-0.2, 0) is 16.0 Å². The van der Waals surface area contributed by atoms with Crippen LogP contribution in [0.5, 0.6) is 0 Å². The van der Waals surface area contributed by atoms with Crippen molar-refractivity contribution in [1.82, 2.24) is 5.32 Å². The van der Waals surface area contributed by atoms with E-state index in [0.29, 0.717) is 25.1 Å². The standard InChI is InChI=1S/C14H16FN3O2.ClH/c15-10-5-8-1-2-13(19)17-11(8)6-12(10)18-14(20)9-3-4-16-7-9;/h5-6,9,16H,1-4,7H2,(H,17,19)(H,18,20);1H. The van der Waals surface area contributed by atoms with Crippen molar-refractivity contribution in [3.8, 4) is 0 Å².